The van der Waals surface area contributed by atoms with Gasteiger partial charge in [-0.15, -0.1) is 0 Å². The van der Waals surface area contributed by atoms with Gasteiger partial charge in [-0.05, 0) is 77.1 Å². The number of allylic oxidation sites excluding steroid dienone is 2. The van der Waals surface area contributed by atoms with E-state index in [1.807, 2.05) is 37.3 Å². The number of aliphatic hydroxyl groups is 2. The minimum atomic E-state index is -0.600. The fraction of sp³-hybridized carbons (Fsp3) is 0.600. The minimum Gasteiger partial charge on any atom is -0.392 e. The molecule has 28 heavy (non-hydrogen) atoms. The van der Waals surface area contributed by atoms with Crippen LogP contribution in [0.2, 0.25) is 0 Å². The molecule has 0 spiro atoms. The van der Waals surface area contributed by atoms with Crippen LogP contribution in [0.5, 0.6) is 0 Å². The zero-order valence-electron chi connectivity index (χ0n) is 17.7. The Morgan fingerprint density at radius 3 is 2.79 bits per heavy atom. The second kappa shape index (κ2) is 9.87. The van der Waals surface area contributed by atoms with Crippen molar-refractivity contribution in [2.24, 2.45) is 17.8 Å². The summed E-state index contributed by atoms with van der Waals surface area (Å²) in [6.45, 7) is 3.21. The Morgan fingerprint density at radius 1 is 1.21 bits per heavy atom. The summed E-state index contributed by atoms with van der Waals surface area (Å²) >= 11 is 0. The fourth-order valence-corrected chi connectivity index (χ4v) is 4.95. The van der Waals surface area contributed by atoms with E-state index in [0.717, 1.165) is 24.0 Å². The van der Waals surface area contributed by atoms with Crippen molar-refractivity contribution in [2.75, 3.05) is 20.6 Å². The van der Waals surface area contributed by atoms with Gasteiger partial charge in [-0.3, -0.25) is 0 Å². The van der Waals surface area contributed by atoms with Crippen LogP contribution >= 0.6 is 0 Å². The van der Waals surface area contributed by atoms with Gasteiger partial charge in [0.1, 0.15) is 0 Å². The lowest BCUT2D eigenvalue weighted by Crippen LogP contribution is -2.17. The van der Waals surface area contributed by atoms with Crippen LogP contribution in [0.3, 0.4) is 0 Å². The second-order valence-electron chi connectivity index (χ2n) is 9.09. The predicted octanol–water partition coefficient (Wildman–Crippen LogP) is 4.65. The first-order valence-corrected chi connectivity index (χ1v) is 10.9. The maximum atomic E-state index is 10.5. The maximum Gasteiger partial charge on any atom is 0.0972 e. The van der Waals surface area contributed by atoms with E-state index >= 15 is 0 Å². The van der Waals surface area contributed by atoms with Crippen LogP contribution in [0, 0.1) is 24.7 Å². The van der Waals surface area contributed by atoms with Crippen molar-refractivity contribution in [3.05, 3.63) is 59.2 Å². The summed E-state index contributed by atoms with van der Waals surface area (Å²) < 4.78 is 0. The topological polar surface area (TPSA) is 43.7 Å². The van der Waals surface area contributed by atoms with Gasteiger partial charge in [-0.2, -0.15) is 0 Å². The molecule has 1 fully saturated rings. The van der Waals surface area contributed by atoms with Crippen molar-refractivity contribution in [2.45, 2.75) is 57.7 Å². The smallest absolute Gasteiger partial charge is 0.0972 e. The molecule has 154 valence electrons. The van der Waals surface area contributed by atoms with E-state index in [1.165, 1.54) is 32.2 Å². The highest BCUT2D eigenvalue weighted by Crippen LogP contribution is 2.48. The van der Waals surface area contributed by atoms with E-state index in [0.29, 0.717) is 11.8 Å². The summed E-state index contributed by atoms with van der Waals surface area (Å²) in [5, 5.41) is 21.0. The van der Waals surface area contributed by atoms with Crippen LogP contribution < -0.4 is 0 Å². The Balaban J connectivity index is 1.51. The van der Waals surface area contributed by atoms with E-state index in [9.17, 15) is 10.2 Å². The first-order valence-electron chi connectivity index (χ1n) is 10.9. The lowest BCUT2D eigenvalue weighted by molar-refractivity contribution is 0.140. The molecule has 0 aromatic heterocycles. The SMILES string of the molecule is Cc1cccc([C@@H](O)/C=C/[C@@H]2[C@H]3CC(CCCCCN(C)C)=C[C@H]3C[C@H]2O)c1. The second-order valence-corrected chi connectivity index (χ2v) is 9.09. The van der Waals surface area contributed by atoms with Gasteiger partial charge in [0.05, 0.1) is 12.2 Å². The van der Waals surface area contributed by atoms with Gasteiger partial charge in [0.25, 0.3) is 0 Å². The van der Waals surface area contributed by atoms with E-state index in [-0.39, 0.29) is 12.0 Å². The molecule has 3 nitrogen and oxygen atoms in total. The van der Waals surface area contributed by atoms with Gasteiger partial charge in [0, 0.05) is 5.92 Å². The molecular formula is C25H37NO2. The van der Waals surface area contributed by atoms with Crippen LogP contribution in [-0.2, 0) is 0 Å². The molecular weight excluding hydrogens is 346 g/mol. The third-order valence-corrected chi connectivity index (χ3v) is 6.45. The molecule has 5 atom stereocenters. The quantitative estimate of drug-likeness (QED) is 0.482. The Kier molecular flexibility index (Phi) is 7.50. The van der Waals surface area contributed by atoms with Crippen LogP contribution in [0.25, 0.3) is 0 Å². The highest BCUT2D eigenvalue weighted by atomic mass is 16.3. The normalized spacial score (nSPS) is 28.1. The number of benzene rings is 1. The molecule has 0 heterocycles. The van der Waals surface area contributed by atoms with E-state index < -0.39 is 6.10 Å². The molecule has 1 aromatic carbocycles. The number of rotatable bonds is 9. The number of aliphatic hydroxyl groups excluding tert-OH is 2. The maximum absolute atomic E-state index is 10.5. The Morgan fingerprint density at radius 2 is 2.04 bits per heavy atom. The highest BCUT2D eigenvalue weighted by Gasteiger charge is 2.43. The third kappa shape index (κ3) is 5.56. The largest absolute Gasteiger partial charge is 0.392 e. The van der Waals surface area contributed by atoms with Gasteiger partial charge in [0.2, 0.25) is 0 Å². The van der Waals surface area contributed by atoms with Crippen molar-refractivity contribution in [1.29, 1.82) is 0 Å². The summed E-state index contributed by atoms with van der Waals surface area (Å²) in [4.78, 5) is 2.25. The number of aryl methyl sites for hydroxylation is 1. The summed E-state index contributed by atoms with van der Waals surface area (Å²) in [6.07, 6.45) is 12.5. The highest BCUT2D eigenvalue weighted by molar-refractivity contribution is 5.27. The number of hydrogen-bond donors (Lipinski definition) is 2. The first-order chi connectivity index (χ1) is 13.4. The van der Waals surface area contributed by atoms with Crippen molar-refractivity contribution in [1.82, 2.24) is 4.90 Å². The molecule has 0 unspecified atom stereocenters. The van der Waals surface area contributed by atoms with E-state index in [4.69, 9.17) is 0 Å². The van der Waals surface area contributed by atoms with Crippen molar-refractivity contribution in [3.8, 4) is 0 Å². The zero-order chi connectivity index (χ0) is 20.1. The van der Waals surface area contributed by atoms with Crippen LogP contribution in [-0.4, -0.2) is 41.9 Å². The number of nitrogens with zero attached hydrogens (tertiary/aromatic N) is 1. The molecule has 2 N–H and O–H groups in total. The lowest BCUT2D eigenvalue weighted by atomic mass is 9.88. The summed E-state index contributed by atoms with van der Waals surface area (Å²) in [6, 6.07) is 8.00. The monoisotopic (exact) mass is 383 g/mol. The average Bonchev–Trinajstić information content (AvgIpc) is 3.15. The molecule has 2 aliphatic rings. The number of unbranched alkanes of at least 4 members (excludes halogenated alkanes) is 2. The van der Waals surface area contributed by atoms with Crippen molar-refractivity contribution < 1.29 is 10.2 Å². The summed E-state index contributed by atoms with van der Waals surface area (Å²) in [5.74, 6) is 1.18. The van der Waals surface area contributed by atoms with Crippen LogP contribution in [0.4, 0.5) is 0 Å². The molecule has 2 aliphatic carbocycles. The van der Waals surface area contributed by atoms with Gasteiger partial charge in [-0.1, -0.05) is 60.1 Å². The summed E-state index contributed by atoms with van der Waals surface area (Å²) in [7, 11) is 4.27. The molecule has 0 amide bonds. The van der Waals surface area contributed by atoms with Crippen molar-refractivity contribution >= 4 is 0 Å². The fourth-order valence-electron chi connectivity index (χ4n) is 4.95. The number of fused-ring (bicyclic) bond motifs is 1. The molecule has 3 rings (SSSR count). The van der Waals surface area contributed by atoms with E-state index in [1.54, 1.807) is 5.57 Å². The standard InChI is InChI=1S/C25H37NO2/c1-18-8-7-10-20(14-18)24(27)12-11-22-23-16-19(15-21(23)17-25(22)28)9-5-4-6-13-26(2)3/h7-8,10-12,14-15,21-25,27-28H,4-6,9,13,16-17H2,1-3H3/b12-11+/t21-,22+,23-,24-,25+/m0/s1. The van der Waals surface area contributed by atoms with Crippen LogP contribution in [0.1, 0.15) is 55.8 Å². The minimum absolute atomic E-state index is 0.159. The molecule has 0 aliphatic heterocycles. The van der Waals surface area contributed by atoms with Gasteiger partial charge in [-0.25, -0.2) is 0 Å². The van der Waals surface area contributed by atoms with Gasteiger partial charge >= 0.3 is 0 Å². The molecule has 1 aromatic rings. The van der Waals surface area contributed by atoms with Crippen LogP contribution in [0.15, 0.2) is 48.1 Å². The Labute approximate surface area is 170 Å². The average molecular weight is 384 g/mol. The molecule has 0 saturated heterocycles. The zero-order valence-corrected chi connectivity index (χ0v) is 17.7. The number of hydrogen-bond acceptors (Lipinski definition) is 3. The molecule has 3 heteroatoms. The Hall–Kier alpha value is -1.42. The lowest BCUT2D eigenvalue weighted by Gasteiger charge is -2.19. The molecule has 0 bridgehead atoms. The van der Waals surface area contributed by atoms with E-state index in [2.05, 4.69) is 31.1 Å². The summed E-state index contributed by atoms with van der Waals surface area (Å²) in [5.41, 5.74) is 3.66. The van der Waals surface area contributed by atoms with Gasteiger partial charge in [0.15, 0.2) is 0 Å². The first kappa shape index (κ1) is 21.3. The predicted molar refractivity (Wildman–Crippen MR) is 116 cm³/mol. The molecule has 1 saturated carbocycles. The third-order valence-electron chi connectivity index (χ3n) is 6.45. The van der Waals surface area contributed by atoms with Gasteiger partial charge < -0.3 is 15.1 Å². The van der Waals surface area contributed by atoms with Crippen molar-refractivity contribution in [3.63, 3.8) is 0 Å². The Bertz CT molecular complexity index is 694. The molecule has 0 radical (unpaired) electrons.